The third-order valence-corrected chi connectivity index (χ3v) is 6.98. The van der Waals surface area contributed by atoms with Gasteiger partial charge in [-0.3, -0.25) is 4.79 Å². The van der Waals surface area contributed by atoms with E-state index in [1.54, 1.807) is 0 Å². The summed E-state index contributed by atoms with van der Waals surface area (Å²) < 4.78 is 6.06. The smallest absolute Gasteiger partial charge is 0.227 e. The summed E-state index contributed by atoms with van der Waals surface area (Å²) in [5.41, 5.74) is 6.35. The van der Waals surface area contributed by atoms with Gasteiger partial charge in [0.25, 0.3) is 0 Å². The molecule has 7 heteroatoms. The van der Waals surface area contributed by atoms with Crippen molar-refractivity contribution in [1.29, 1.82) is 0 Å². The number of amides is 1. The first-order valence-corrected chi connectivity index (χ1v) is 10.1. The van der Waals surface area contributed by atoms with Crippen molar-refractivity contribution < 1.29 is 9.53 Å². The van der Waals surface area contributed by atoms with Gasteiger partial charge in [0, 0.05) is 25.7 Å². The Morgan fingerprint density at radius 1 is 0.962 bits per heavy atom. The minimum Gasteiger partial charge on any atom is -0.377 e. The first-order valence-electron chi connectivity index (χ1n) is 10.1. The number of piperidine rings is 1. The molecule has 152 valence electrons. The molecule has 2 aliphatic heterocycles. The van der Waals surface area contributed by atoms with E-state index < -0.39 is 0 Å². The number of nitrogens with zero attached hydrogens (tertiary/aromatic N) is 2. The van der Waals surface area contributed by atoms with Gasteiger partial charge in [-0.15, -0.1) is 24.8 Å². The maximum Gasteiger partial charge on any atom is 0.227 e. The molecule has 0 aromatic rings. The second-order valence-corrected chi connectivity index (χ2v) is 8.38. The number of hydrogen-bond donors (Lipinski definition) is 1. The van der Waals surface area contributed by atoms with E-state index in [1.807, 2.05) is 0 Å². The van der Waals surface area contributed by atoms with Crippen molar-refractivity contribution in [3.63, 3.8) is 0 Å². The molecule has 0 spiro atoms. The molecule has 26 heavy (non-hydrogen) atoms. The fraction of sp³-hybridized carbons (Fsp3) is 0.947. The van der Waals surface area contributed by atoms with E-state index in [0.29, 0.717) is 23.8 Å². The highest BCUT2D eigenvalue weighted by Gasteiger charge is 2.50. The normalized spacial score (nSPS) is 34.6. The first-order chi connectivity index (χ1) is 11.7. The number of rotatable bonds is 5. The summed E-state index contributed by atoms with van der Waals surface area (Å²) in [6.07, 6.45) is 8.63. The van der Waals surface area contributed by atoms with Crippen molar-refractivity contribution in [1.82, 2.24) is 9.80 Å². The Labute approximate surface area is 170 Å². The van der Waals surface area contributed by atoms with Gasteiger partial charge in [-0.1, -0.05) is 0 Å². The molecule has 4 rings (SSSR count). The quantitative estimate of drug-likeness (QED) is 0.759. The van der Waals surface area contributed by atoms with E-state index in [0.717, 1.165) is 39.1 Å². The fourth-order valence-electron chi connectivity index (χ4n) is 5.51. The van der Waals surface area contributed by atoms with Crippen LogP contribution < -0.4 is 5.73 Å². The SMILES string of the molecule is Cl.Cl.NC1C2CCC(C2)C1C(=O)N1CCC(OCCN2CCCC2)CC1. The van der Waals surface area contributed by atoms with E-state index in [4.69, 9.17) is 10.5 Å². The van der Waals surface area contributed by atoms with Crippen molar-refractivity contribution in [2.45, 2.75) is 57.1 Å². The molecular formula is C19H35Cl2N3O2. The Morgan fingerprint density at radius 2 is 1.62 bits per heavy atom. The molecule has 2 saturated carbocycles. The van der Waals surface area contributed by atoms with Crippen molar-refractivity contribution in [2.24, 2.45) is 23.5 Å². The van der Waals surface area contributed by atoms with Crippen LogP contribution in [-0.2, 0) is 9.53 Å². The molecular weight excluding hydrogens is 373 g/mol. The van der Waals surface area contributed by atoms with Gasteiger partial charge in [0.2, 0.25) is 5.91 Å². The van der Waals surface area contributed by atoms with Gasteiger partial charge in [-0.05, 0) is 69.9 Å². The standard InChI is InChI=1S/C19H33N3O2.2ClH/c20-18-15-4-3-14(13-15)17(18)19(23)22-9-5-16(6-10-22)24-12-11-21-7-1-2-8-21;;/h14-18H,1-13,20H2;2*1H. The van der Waals surface area contributed by atoms with Crippen LogP contribution in [0.4, 0.5) is 0 Å². The van der Waals surface area contributed by atoms with Crippen LogP contribution in [0.25, 0.3) is 0 Å². The molecule has 4 unspecified atom stereocenters. The third kappa shape index (κ3) is 4.67. The van der Waals surface area contributed by atoms with Crippen LogP contribution in [0.1, 0.15) is 44.9 Å². The molecule has 1 amide bonds. The molecule has 2 bridgehead atoms. The molecule has 0 radical (unpaired) electrons. The second-order valence-electron chi connectivity index (χ2n) is 8.38. The zero-order chi connectivity index (χ0) is 16.5. The predicted octanol–water partition coefficient (Wildman–Crippen LogP) is 2.31. The Bertz CT molecular complexity index is 452. The number of nitrogens with two attached hydrogens (primary N) is 1. The lowest BCUT2D eigenvalue weighted by molar-refractivity contribution is -0.140. The molecule has 2 aliphatic carbocycles. The average molecular weight is 408 g/mol. The summed E-state index contributed by atoms with van der Waals surface area (Å²) in [7, 11) is 0. The van der Waals surface area contributed by atoms with Crippen LogP contribution in [0.15, 0.2) is 0 Å². The number of ether oxygens (including phenoxy) is 1. The zero-order valence-corrected chi connectivity index (χ0v) is 17.3. The molecule has 0 aromatic heterocycles. The maximum atomic E-state index is 12.9. The molecule has 0 aromatic carbocycles. The number of hydrogen-bond acceptors (Lipinski definition) is 4. The number of carbonyl (C=O) groups excluding carboxylic acids is 1. The van der Waals surface area contributed by atoms with Crippen molar-refractivity contribution in [3.05, 3.63) is 0 Å². The van der Waals surface area contributed by atoms with Crippen molar-refractivity contribution in [3.8, 4) is 0 Å². The third-order valence-electron chi connectivity index (χ3n) is 6.98. The summed E-state index contributed by atoms with van der Waals surface area (Å²) >= 11 is 0. The Kier molecular flexibility index (Phi) is 8.48. The van der Waals surface area contributed by atoms with Gasteiger partial charge in [0.1, 0.15) is 0 Å². The molecule has 4 aliphatic rings. The lowest BCUT2D eigenvalue weighted by Crippen LogP contribution is -2.50. The Balaban J connectivity index is 0.00000121. The number of carbonyl (C=O) groups is 1. The van der Waals surface area contributed by atoms with Gasteiger partial charge in [0.15, 0.2) is 0 Å². The fourth-order valence-corrected chi connectivity index (χ4v) is 5.51. The zero-order valence-electron chi connectivity index (χ0n) is 15.7. The van der Waals surface area contributed by atoms with Crippen molar-refractivity contribution >= 4 is 30.7 Å². The van der Waals surface area contributed by atoms with Gasteiger partial charge in [0.05, 0.1) is 18.6 Å². The molecule has 4 fully saturated rings. The maximum absolute atomic E-state index is 12.9. The summed E-state index contributed by atoms with van der Waals surface area (Å²) in [5.74, 6) is 1.61. The van der Waals surface area contributed by atoms with Gasteiger partial charge >= 0.3 is 0 Å². The minimum absolute atomic E-state index is 0. The van der Waals surface area contributed by atoms with Crippen molar-refractivity contribution in [2.75, 3.05) is 39.3 Å². The molecule has 2 N–H and O–H groups in total. The lowest BCUT2D eigenvalue weighted by atomic mass is 9.83. The van der Waals surface area contributed by atoms with Crippen LogP contribution in [0.3, 0.4) is 0 Å². The van der Waals surface area contributed by atoms with Crippen LogP contribution in [0, 0.1) is 17.8 Å². The predicted molar refractivity (Wildman–Crippen MR) is 108 cm³/mol. The second kappa shape index (κ2) is 9.92. The van der Waals surface area contributed by atoms with Crippen LogP contribution in [-0.4, -0.2) is 67.2 Å². The topological polar surface area (TPSA) is 58.8 Å². The summed E-state index contributed by atoms with van der Waals surface area (Å²) in [5, 5.41) is 0. The number of fused-ring (bicyclic) bond motifs is 2. The summed E-state index contributed by atoms with van der Waals surface area (Å²) in [4.78, 5) is 17.5. The van der Waals surface area contributed by atoms with Crippen LogP contribution in [0.5, 0.6) is 0 Å². The van der Waals surface area contributed by atoms with E-state index in [1.165, 1.54) is 45.2 Å². The van der Waals surface area contributed by atoms with E-state index in [2.05, 4.69) is 9.80 Å². The highest BCUT2D eigenvalue weighted by Crippen LogP contribution is 2.48. The van der Waals surface area contributed by atoms with E-state index in [-0.39, 0.29) is 36.8 Å². The monoisotopic (exact) mass is 407 g/mol. The van der Waals surface area contributed by atoms with E-state index in [9.17, 15) is 4.79 Å². The van der Waals surface area contributed by atoms with Crippen LogP contribution >= 0.6 is 24.8 Å². The molecule has 4 atom stereocenters. The minimum atomic E-state index is 0. The summed E-state index contributed by atoms with van der Waals surface area (Å²) in [6, 6.07) is 0.116. The largest absolute Gasteiger partial charge is 0.377 e. The number of halogens is 2. The molecule has 2 heterocycles. The molecule has 5 nitrogen and oxygen atoms in total. The van der Waals surface area contributed by atoms with Gasteiger partial charge in [-0.2, -0.15) is 0 Å². The highest BCUT2D eigenvalue weighted by molar-refractivity contribution is 5.85. The summed E-state index contributed by atoms with van der Waals surface area (Å²) in [6.45, 7) is 6.09. The lowest BCUT2D eigenvalue weighted by Gasteiger charge is -2.37. The van der Waals surface area contributed by atoms with Gasteiger partial charge < -0.3 is 20.3 Å². The number of likely N-dealkylation sites (tertiary alicyclic amines) is 2. The Morgan fingerprint density at radius 3 is 2.23 bits per heavy atom. The van der Waals surface area contributed by atoms with E-state index >= 15 is 0 Å². The van der Waals surface area contributed by atoms with Gasteiger partial charge in [-0.25, -0.2) is 0 Å². The molecule has 2 saturated heterocycles. The average Bonchev–Trinajstić information content (AvgIpc) is 3.32. The Hall–Kier alpha value is -0.0700. The highest BCUT2D eigenvalue weighted by atomic mass is 35.5. The first kappa shape index (κ1) is 22.2. The van der Waals surface area contributed by atoms with Crippen LogP contribution in [0.2, 0.25) is 0 Å².